The van der Waals surface area contributed by atoms with Gasteiger partial charge in [-0.1, -0.05) is 17.7 Å². The zero-order chi connectivity index (χ0) is 28.5. The first-order valence-electron chi connectivity index (χ1n) is 13.7. The van der Waals surface area contributed by atoms with Crippen LogP contribution in [-0.2, 0) is 0 Å². The van der Waals surface area contributed by atoms with E-state index in [0.717, 1.165) is 12.5 Å². The van der Waals surface area contributed by atoms with Crippen molar-refractivity contribution in [2.24, 2.45) is 11.3 Å². The van der Waals surface area contributed by atoms with E-state index in [9.17, 15) is 18.4 Å². The highest BCUT2D eigenvalue weighted by molar-refractivity contribution is 6.35. The van der Waals surface area contributed by atoms with Gasteiger partial charge in [0.15, 0.2) is 0 Å². The number of halogens is 4. The molecule has 3 heterocycles. The molecule has 0 saturated heterocycles. The molecule has 4 aliphatic carbocycles. The first kappa shape index (κ1) is 26.2. The molecule has 0 amide bonds. The van der Waals surface area contributed by atoms with Gasteiger partial charge < -0.3 is 16.1 Å². The number of benzene rings is 1. The molecule has 41 heavy (non-hydrogen) atoms. The largest absolute Gasteiger partial charge is 0.383 e. The second kappa shape index (κ2) is 9.39. The number of pyridine rings is 2. The molecule has 2 bridgehead atoms. The molecule has 2 aromatic heterocycles. The zero-order valence-corrected chi connectivity index (χ0v) is 23.0. The van der Waals surface area contributed by atoms with Crippen LogP contribution in [0.3, 0.4) is 0 Å². The van der Waals surface area contributed by atoms with Gasteiger partial charge in [0.05, 0.1) is 33.5 Å². The number of fused-ring (bicyclic) bond motifs is 1. The van der Waals surface area contributed by atoms with E-state index >= 15 is 0 Å². The average molecular weight is 581 g/mol. The fourth-order valence-corrected chi connectivity index (χ4v) is 6.78. The van der Waals surface area contributed by atoms with Crippen molar-refractivity contribution in [2.75, 3.05) is 17.2 Å². The number of hydrogen-bond acceptors (Lipinski definition) is 8. The first-order valence-corrected chi connectivity index (χ1v) is 14.0. The van der Waals surface area contributed by atoms with E-state index in [1.807, 2.05) is 6.07 Å². The van der Waals surface area contributed by atoms with Crippen LogP contribution in [0.15, 0.2) is 42.4 Å². The van der Waals surface area contributed by atoms with E-state index in [1.165, 1.54) is 36.5 Å². The second-order valence-corrected chi connectivity index (χ2v) is 12.2. The molecule has 0 radical (unpaired) electrons. The summed E-state index contributed by atoms with van der Waals surface area (Å²) >= 11 is 6.72. The molecule has 1 aromatic carbocycles. The molecular weight excluding hydrogens is 553 g/mol. The van der Waals surface area contributed by atoms with Gasteiger partial charge in [0, 0.05) is 41.3 Å². The standard InChI is InChI=1S/C29H28ClF3N8/c1-15-19(2-3-23(31)37-15)26(22-13-41(40-39-22)29(4-5-29)27(32)33)38-18-6-20-24(36-14-28-8-16(9-28)10-28)17(11-34)12-35-25(20)21(30)7-18/h2-3,6-7,12-13,16,26-27,38-40H,4-5,8-10,14H2,1H3,(H,35,36)/t16?,26-,28?/m0/s1. The Labute approximate surface area is 239 Å². The highest BCUT2D eigenvalue weighted by atomic mass is 35.5. The van der Waals surface area contributed by atoms with Crippen molar-refractivity contribution < 1.29 is 13.2 Å². The highest BCUT2D eigenvalue weighted by Gasteiger charge is 2.57. The summed E-state index contributed by atoms with van der Waals surface area (Å²) in [7, 11) is 0. The number of aryl methyl sites for hydroxylation is 1. The first-order chi connectivity index (χ1) is 19.7. The fraction of sp³-hybridized carbons (Fsp3) is 0.414. The van der Waals surface area contributed by atoms with Crippen molar-refractivity contribution in [1.29, 1.82) is 5.26 Å². The molecule has 8 rings (SSSR count). The fourth-order valence-electron chi connectivity index (χ4n) is 6.51. The molecule has 4 fully saturated rings. The molecule has 0 spiro atoms. The Bertz CT molecular complexity index is 1620. The normalized spacial score (nSPS) is 24.2. The van der Waals surface area contributed by atoms with E-state index in [1.54, 1.807) is 25.3 Å². The number of alkyl halides is 2. The third-order valence-electron chi connectivity index (χ3n) is 9.11. The predicted octanol–water partition coefficient (Wildman–Crippen LogP) is 5.93. The molecule has 0 unspecified atom stereocenters. The van der Waals surface area contributed by atoms with Crippen LogP contribution in [0.25, 0.3) is 10.9 Å². The summed E-state index contributed by atoms with van der Waals surface area (Å²) in [5, 5.41) is 19.3. The molecular formula is C29H28ClF3N8. The van der Waals surface area contributed by atoms with Crippen molar-refractivity contribution in [3.63, 3.8) is 0 Å². The number of hydrazine groups is 2. The predicted molar refractivity (Wildman–Crippen MR) is 149 cm³/mol. The van der Waals surface area contributed by atoms with Crippen LogP contribution in [0, 0.1) is 35.5 Å². The maximum absolute atomic E-state index is 13.9. The summed E-state index contributed by atoms with van der Waals surface area (Å²) in [6, 6.07) is 8.12. The molecule has 8 nitrogen and oxygen atoms in total. The van der Waals surface area contributed by atoms with Gasteiger partial charge in [-0.3, -0.25) is 9.99 Å². The van der Waals surface area contributed by atoms with Crippen LogP contribution in [0.2, 0.25) is 5.02 Å². The molecule has 3 aromatic rings. The van der Waals surface area contributed by atoms with E-state index < -0.39 is 24.0 Å². The summed E-state index contributed by atoms with van der Waals surface area (Å²) < 4.78 is 41.6. The Hall–Kier alpha value is -3.75. The topological polar surface area (TPSA) is 101 Å². The maximum Gasteiger partial charge on any atom is 0.262 e. The lowest BCUT2D eigenvalue weighted by Crippen LogP contribution is -2.55. The van der Waals surface area contributed by atoms with Gasteiger partial charge in [-0.25, -0.2) is 13.8 Å². The molecule has 1 aliphatic heterocycles. The van der Waals surface area contributed by atoms with Crippen molar-refractivity contribution in [3.05, 3.63) is 70.2 Å². The number of rotatable bonds is 9. The monoisotopic (exact) mass is 580 g/mol. The highest BCUT2D eigenvalue weighted by Crippen LogP contribution is 2.64. The molecule has 12 heteroatoms. The van der Waals surface area contributed by atoms with Gasteiger partial charge in [0.2, 0.25) is 5.95 Å². The Morgan fingerprint density at radius 3 is 2.66 bits per heavy atom. The van der Waals surface area contributed by atoms with Crippen molar-refractivity contribution >= 4 is 33.9 Å². The summed E-state index contributed by atoms with van der Waals surface area (Å²) in [5.74, 6) is 0.225. The van der Waals surface area contributed by atoms with Crippen LogP contribution >= 0.6 is 11.6 Å². The van der Waals surface area contributed by atoms with E-state index in [4.69, 9.17) is 11.6 Å². The van der Waals surface area contributed by atoms with Gasteiger partial charge in [-0.2, -0.15) is 9.65 Å². The Balaban J connectivity index is 1.27. The number of aromatic nitrogens is 2. The Morgan fingerprint density at radius 1 is 1.24 bits per heavy atom. The second-order valence-electron chi connectivity index (χ2n) is 11.8. The lowest BCUT2D eigenvalue weighted by Gasteiger charge is -2.62. The van der Waals surface area contributed by atoms with Crippen LogP contribution in [0.5, 0.6) is 0 Å². The van der Waals surface area contributed by atoms with Crippen molar-refractivity contribution in [1.82, 2.24) is 25.9 Å². The van der Waals surface area contributed by atoms with Crippen LogP contribution in [0.4, 0.5) is 24.5 Å². The lowest BCUT2D eigenvalue weighted by molar-refractivity contribution is -0.0929. The van der Waals surface area contributed by atoms with Gasteiger partial charge in [0.1, 0.15) is 11.6 Å². The van der Waals surface area contributed by atoms with E-state index in [0.29, 0.717) is 68.1 Å². The van der Waals surface area contributed by atoms with Crippen molar-refractivity contribution in [3.8, 4) is 6.07 Å². The molecule has 5 aliphatic rings. The zero-order valence-electron chi connectivity index (χ0n) is 22.2. The van der Waals surface area contributed by atoms with Crippen molar-refractivity contribution in [2.45, 2.75) is 57.0 Å². The van der Waals surface area contributed by atoms with Crippen LogP contribution < -0.4 is 21.6 Å². The van der Waals surface area contributed by atoms with Gasteiger partial charge >= 0.3 is 0 Å². The van der Waals surface area contributed by atoms with Gasteiger partial charge in [-0.15, -0.1) is 5.53 Å². The van der Waals surface area contributed by atoms with Gasteiger partial charge in [0.25, 0.3) is 6.43 Å². The summed E-state index contributed by atoms with van der Waals surface area (Å²) in [6.07, 6.45) is 5.00. The lowest BCUT2D eigenvalue weighted by atomic mass is 9.44. The van der Waals surface area contributed by atoms with E-state index in [2.05, 4.69) is 37.6 Å². The number of nitrogens with one attached hydrogen (secondary N) is 4. The minimum atomic E-state index is -2.52. The maximum atomic E-state index is 13.9. The number of anilines is 2. The summed E-state index contributed by atoms with van der Waals surface area (Å²) in [4.78, 5) is 8.44. The summed E-state index contributed by atoms with van der Waals surface area (Å²) in [5.41, 5.74) is 8.86. The molecule has 4 N–H and O–H groups in total. The Kier molecular flexibility index (Phi) is 5.99. The third-order valence-corrected chi connectivity index (χ3v) is 9.40. The summed E-state index contributed by atoms with van der Waals surface area (Å²) in [6.45, 7) is 2.47. The smallest absolute Gasteiger partial charge is 0.262 e. The van der Waals surface area contributed by atoms with Crippen LogP contribution in [-0.4, -0.2) is 33.5 Å². The molecule has 1 atom stereocenters. The van der Waals surface area contributed by atoms with Gasteiger partial charge in [-0.05, 0) is 68.6 Å². The molecule has 4 saturated carbocycles. The third kappa shape index (κ3) is 4.32. The SMILES string of the molecule is Cc1nc(F)ccc1[C@H](Nc1cc(Cl)c2ncc(C#N)c(NCC34CC(C3)C4)c2c1)C1=CN(C2(C(F)F)CC2)NN1. The Morgan fingerprint density at radius 2 is 2.02 bits per heavy atom. The minimum absolute atomic E-state index is 0.307. The number of hydrogen-bond donors (Lipinski definition) is 4. The number of nitriles is 1. The number of nitrogens with zero attached hydrogens (tertiary/aromatic N) is 4. The quantitative estimate of drug-likeness (QED) is 0.231. The van der Waals surface area contributed by atoms with E-state index in [-0.39, 0.29) is 0 Å². The van der Waals surface area contributed by atoms with Crippen LogP contribution in [0.1, 0.15) is 55.0 Å². The minimum Gasteiger partial charge on any atom is -0.383 e. The molecule has 212 valence electrons. The average Bonchev–Trinajstić information content (AvgIpc) is 3.56.